The third-order valence-electron chi connectivity index (χ3n) is 5.71. The first-order valence-corrected chi connectivity index (χ1v) is 10.5. The average molecular weight is 430 g/mol. The van der Waals surface area contributed by atoms with E-state index >= 15 is 0 Å². The van der Waals surface area contributed by atoms with Gasteiger partial charge in [0.15, 0.2) is 6.10 Å². The van der Waals surface area contributed by atoms with Crippen LogP contribution in [0.1, 0.15) is 51.0 Å². The lowest BCUT2D eigenvalue weighted by Gasteiger charge is -2.36. The lowest BCUT2D eigenvalue weighted by atomic mass is 9.94. The Labute approximate surface area is 174 Å². The standard InChI is InChI=1S/C21H29F3N2O4/c1-14-13-25-10-7-19(14)30-17-5-3-16(4-6-17)29-18-8-11-26(12-9-18)20(27)28-15(2)21(22,23)24/h7,10,13,15-18H,3-6,8-9,11-12H2,1-2H3. The first-order valence-electron chi connectivity index (χ1n) is 10.5. The summed E-state index contributed by atoms with van der Waals surface area (Å²) in [5.74, 6) is 0.869. The van der Waals surface area contributed by atoms with Crippen LogP contribution in [-0.2, 0) is 9.47 Å². The Balaban J connectivity index is 1.36. The Morgan fingerprint density at radius 2 is 1.70 bits per heavy atom. The molecule has 2 heterocycles. The molecule has 1 aliphatic carbocycles. The van der Waals surface area contributed by atoms with Crippen molar-refractivity contribution in [3.05, 3.63) is 24.0 Å². The maximum Gasteiger partial charge on any atom is 0.425 e. The number of nitrogens with zero attached hydrogens (tertiary/aromatic N) is 2. The molecule has 1 saturated carbocycles. The molecule has 3 rings (SSSR count). The molecule has 6 nitrogen and oxygen atoms in total. The maximum atomic E-state index is 12.5. The van der Waals surface area contributed by atoms with E-state index in [0.29, 0.717) is 25.9 Å². The number of aromatic nitrogens is 1. The highest BCUT2D eigenvalue weighted by Gasteiger charge is 2.40. The van der Waals surface area contributed by atoms with Gasteiger partial charge in [-0.05, 0) is 58.4 Å². The summed E-state index contributed by atoms with van der Waals surface area (Å²) in [5, 5.41) is 0. The second-order valence-corrected chi connectivity index (χ2v) is 8.05. The lowest BCUT2D eigenvalue weighted by molar-refractivity contribution is -0.200. The number of likely N-dealkylation sites (tertiary alicyclic amines) is 1. The van der Waals surface area contributed by atoms with E-state index in [-0.39, 0.29) is 18.3 Å². The zero-order chi connectivity index (χ0) is 21.7. The fourth-order valence-electron chi connectivity index (χ4n) is 3.80. The van der Waals surface area contributed by atoms with Crippen molar-refractivity contribution in [3.8, 4) is 5.75 Å². The average Bonchev–Trinajstić information content (AvgIpc) is 2.71. The molecule has 0 radical (unpaired) electrons. The molecule has 1 amide bonds. The Bertz CT molecular complexity index is 700. The number of hydrogen-bond donors (Lipinski definition) is 0. The van der Waals surface area contributed by atoms with Gasteiger partial charge in [-0.15, -0.1) is 0 Å². The van der Waals surface area contributed by atoms with Crippen LogP contribution in [0.4, 0.5) is 18.0 Å². The second-order valence-electron chi connectivity index (χ2n) is 8.05. The molecule has 0 N–H and O–H groups in total. The lowest BCUT2D eigenvalue weighted by Crippen LogP contribution is -2.44. The number of rotatable bonds is 5. The van der Waals surface area contributed by atoms with Crippen LogP contribution >= 0.6 is 0 Å². The summed E-state index contributed by atoms with van der Waals surface area (Å²) >= 11 is 0. The number of carbonyl (C=O) groups is 1. The summed E-state index contributed by atoms with van der Waals surface area (Å²) in [6, 6.07) is 1.88. The van der Waals surface area contributed by atoms with E-state index in [1.165, 1.54) is 4.90 Å². The van der Waals surface area contributed by atoms with E-state index in [1.807, 2.05) is 13.0 Å². The van der Waals surface area contributed by atoms with Crippen LogP contribution < -0.4 is 4.74 Å². The predicted molar refractivity (Wildman–Crippen MR) is 103 cm³/mol. The van der Waals surface area contributed by atoms with Gasteiger partial charge in [-0.1, -0.05) is 0 Å². The molecule has 1 aliphatic heterocycles. The van der Waals surface area contributed by atoms with Crippen LogP contribution in [0.25, 0.3) is 0 Å². The Hall–Kier alpha value is -2.03. The molecule has 1 unspecified atom stereocenters. The summed E-state index contributed by atoms with van der Waals surface area (Å²) < 4.78 is 54.4. The number of aryl methyl sites for hydroxylation is 1. The first kappa shape index (κ1) is 22.7. The smallest absolute Gasteiger partial charge is 0.425 e. The largest absolute Gasteiger partial charge is 0.490 e. The van der Waals surface area contributed by atoms with Gasteiger partial charge in [-0.25, -0.2) is 4.79 Å². The monoisotopic (exact) mass is 430 g/mol. The highest BCUT2D eigenvalue weighted by atomic mass is 19.4. The van der Waals surface area contributed by atoms with Crippen molar-refractivity contribution in [3.63, 3.8) is 0 Å². The van der Waals surface area contributed by atoms with Gasteiger partial charge >= 0.3 is 12.3 Å². The van der Waals surface area contributed by atoms with Crippen molar-refractivity contribution in [2.45, 2.75) is 83.0 Å². The van der Waals surface area contributed by atoms with Crippen molar-refractivity contribution < 1.29 is 32.2 Å². The van der Waals surface area contributed by atoms with E-state index < -0.39 is 18.4 Å². The molecular weight excluding hydrogens is 401 g/mol. The number of ether oxygens (including phenoxy) is 3. The van der Waals surface area contributed by atoms with Crippen LogP contribution in [0.5, 0.6) is 5.75 Å². The van der Waals surface area contributed by atoms with Gasteiger partial charge in [0, 0.05) is 31.0 Å². The molecular formula is C21H29F3N2O4. The highest BCUT2D eigenvalue weighted by molar-refractivity contribution is 5.68. The zero-order valence-corrected chi connectivity index (χ0v) is 17.4. The van der Waals surface area contributed by atoms with Gasteiger partial charge in [0.2, 0.25) is 0 Å². The highest BCUT2D eigenvalue weighted by Crippen LogP contribution is 2.29. The van der Waals surface area contributed by atoms with Gasteiger partial charge in [0.1, 0.15) is 5.75 Å². The molecule has 30 heavy (non-hydrogen) atoms. The fraction of sp³-hybridized carbons (Fsp3) is 0.714. The van der Waals surface area contributed by atoms with Crippen LogP contribution in [0.2, 0.25) is 0 Å². The summed E-state index contributed by atoms with van der Waals surface area (Å²) in [6.07, 6.45) is 1.10. The maximum absolute atomic E-state index is 12.5. The number of amides is 1. The number of halogens is 3. The van der Waals surface area contributed by atoms with Crippen molar-refractivity contribution in [2.24, 2.45) is 0 Å². The minimum absolute atomic E-state index is 0.0130. The quantitative estimate of drug-likeness (QED) is 0.681. The van der Waals surface area contributed by atoms with Crippen LogP contribution in [-0.4, -0.2) is 59.7 Å². The molecule has 1 aromatic rings. The predicted octanol–water partition coefficient (Wildman–Crippen LogP) is 4.65. The molecule has 1 aromatic heterocycles. The third-order valence-corrected chi connectivity index (χ3v) is 5.71. The fourth-order valence-corrected chi connectivity index (χ4v) is 3.80. The molecule has 0 spiro atoms. The summed E-state index contributed by atoms with van der Waals surface area (Å²) in [6.45, 7) is 3.49. The minimum atomic E-state index is -4.55. The summed E-state index contributed by atoms with van der Waals surface area (Å²) in [7, 11) is 0. The van der Waals surface area contributed by atoms with Crippen LogP contribution in [0.3, 0.4) is 0 Å². The Morgan fingerprint density at radius 3 is 2.30 bits per heavy atom. The number of piperidine rings is 1. The second kappa shape index (κ2) is 9.85. The third kappa shape index (κ3) is 6.23. The number of hydrogen-bond acceptors (Lipinski definition) is 5. The minimum Gasteiger partial charge on any atom is -0.490 e. The summed E-state index contributed by atoms with van der Waals surface area (Å²) in [4.78, 5) is 17.3. The topological polar surface area (TPSA) is 60.9 Å². The number of pyridine rings is 1. The Morgan fingerprint density at radius 1 is 1.10 bits per heavy atom. The van der Waals surface area contributed by atoms with E-state index in [4.69, 9.17) is 9.47 Å². The number of alkyl halides is 3. The molecule has 9 heteroatoms. The van der Waals surface area contributed by atoms with Crippen LogP contribution in [0.15, 0.2) is 18.5 Å². The molecule has 1 atom stereocenters. The van der Waals surface area contributed by atoms with Gasteiger partial charge in [0.25, 0.3) is 0 Å². The van der Waals surface area contributed by atoms with E-state index in [9.17, 15) is 18.0 Å². The van der Waals surface area contributed by atoms with Gasteiger partial charge in [-0.2, -0.15) is 13.2 Å². The molecule has 0 bridgehead atoms. The van der Waals surface area contributed by atoms with E-state index in [1.54, 1.807) is 12.4 Å². The van der Waals surface area contributed by atoms with Crippen molar-refractivity contribution >= 4 is 6.09 Å². The van der Waals surface area contributed by atoms with Gasteiger partial charge < -0.3 is 19.1 Å². The van der Waals surface area contributed by atoms with E-state index in [2.05, 4.69) is 9.72 Å². The summed E-state index contributed by atoms with van der Waals surface area (Å²) in [5.41, 5.74) is 1.02. The number of carbonyl (C=O) groups excluding carboxylic acids is 1. The Kier molecular flexibility index (Phi) is 7.44. The first-order chi connectivity index (χ1) is 14.2. The van der Waals surface area contributed by atoms with Gasteiger partial charge in [-0.3, -0.25) is 4.98 Å². The zero-order valence-electron chi connectivity index (χ0n) is 17.4. The van der Waals surface area contributed by atoms with Crippen molar-refractivity contribution in [2.75, 3.05) is 13.1 Å². The molecule has 168 valence electrons. The molecule has 2 fully saturated rings. The SMILES string of the molecule is Cc1cnccc1OC1CCC(OC2CCN(C(=O)OC(C)C(F)(F)F)CC2)CC1. The molecule has 2 aliphatic rings. The van der Waals surface area contributed by atoms with Crippen molar-refractivity contribution in [1.82, 2.24) is 9.88 Å². The van der Waals surface area contributed by atoms with Gasteiger partial charge in [0.05, 0.1) is 18.3 Å². The normalized spacial score (nSPS) is 24.4. The molecule has 0 aromatic carbocycles. The molecule has 1 saturated heterocycles. The van der Waals surface area contributed by atoms with E-state index in [0.717, 1.165) is 43.9 Å². The van der Waals surface area contributed by atoms with Crippen LogP contribution in [0, 0.1) is 6.92 Å². The van der Waals surface area contributed by atoms with Crippen molar-refractivity contribution in [1.29, 1.82) is 0 Å².